The summed E-state index contributed by atoms with van der Waals surface area (Å²) in [5.41, 5.74) is 1.11. The van der Waals surface area contributed by atoms with Crippen LogP contribution in [0.5, 0.6) is 0 Å². The van der Waals surface area contributed by atoms with Crippen LogP contribution >= 0.6 is 11.6 Å². The van der Waals surface area contributed by atoms with Gasteiger partial charge in [0.1, 0.15) is 0 Å². The van der Waals surface area contributed by atoms with Gasteiger partial charge in [-0.1, -0.05) is 30.7 Å². The SMILES string of the molecule is CC(CCCNC(=O)NCCc1ccc(Cl)cc1)C(=O)O. The third kappa shape index (κ3) is 7.56. The quantitative estimate of drug-likeness (QED) is 0.646. The lowest BCUT2D eigenvalue weighted by Gasteiger charge is -2.09. The van der Waals surface area contributed by atoms with Crippen LogP contribution in [0.3, 0.4) is 0 Å². The molecule has 6 heteroatoms. The first-order chi connectivity index (χ1) is 9.99. The van der Waals surface area contributed by atoms with Gasteiger partial charge in [-0.2, -0.15) is 0 Å². The molecule has 0 saturated carbocycles. The van der Waals surface area contributed by atoms with Crippen molar-refractivity contribution in [2.75, 3.05) is 13.1 Å². The molecule has 0 aromatic heterocycles. The smallest absolute Gasteiger partial charge is 0.314 e. The zero-order valence-corrected chi connectivity index (χ0v) is 12.8. The number of carboxylic acid groups (broad SMARTS) is 1. The number of halogens is 1. The molecule has 0 aliphatic heterocycles. The fourth-order valence-corrected chi connectivity index (χ4v) is 1.89. The van der Waals surface area contributed by atoms with Gasteiger partial charge in [0.05, 0.1) is 5.92 Å². The maximum absolute atomic E-state index is 11.5. The summed E-state index contributed by atoms with van der Waals surface area (Å²) in [5, 5.41) is 14.9. The first kappa shape index (κ1) is 17.3. The summed E-state index contributed by atoms with van der Waals surface area (Å²) in [5.74, 6) is -1.18. The van der Waals surface area contributed by atoms with Crippen LogP contribution in [0, 0.1) is 5.92 Å². The zero-order chi connectivity index (χ0) is 15.7. The van der Waals surface area contributed by atoms with E-state index in [-0.39, 0.29) is 11.9 Å². The first-order valence-corrected chi connectivity index (χ1v) is 7.36. The van der Waals surface area contributed by atoms with Crippen LogP contribution in [-0.2, 0) is 11.2 Å². The molecule has 1 unspecified atom stereocenters. The molecule has 0 saturated heterocycles. The molecule has 0 aliphatic carbocycles. The number of carboxylic acids is 1. The van der Waals surface area contributed by atoms with E-state index in [1.54, 1.807) is 6.92 Å². The van der Waals surface area contributed by atoms with Crippen LogP contribution in [0.25, 0.3) is 0 Å². The topological polar surface area (TPSA) is 78.4 Å². The Balaban J connectivity index is 2.09. The van der Waals surface area contributed by atoms with E-state index in [1.807, 2.05) is 24.3 Å². The molecule has 116 valence electrons. The Morgan fingerprint density at radius 1 is 1.19 bits per heavy atom. The van der Waals surface area contributed by atoms with Crippen LogP contribution in [-0.4, -0.2) is 30.2 Å². The molecule has 5 nitrogen and oxygen atoms in total. The van der Waals surface area contributed by atoms with Crippen molar-refractivity contribution < 1.29 is 14.7 Å². The van der Waals surface area contributed by atoms with Crippen molar-refractivity contribution in [2.24, 2.45) is 5.92 Å². The lowest BCUT2D eigenvalue weighted by Crippen LogP contribution is -2.37. The number of benzene rings is 1. The monoisotopic (exact) mass is 312 g/mol. The molecule has 1 atom stereocenters. The summed E-state index contributed by atoms with van der Waals surface area (Å²) >= 11 is 5.79. The van der Waals surface area contributed by atoms with Gasteiger partial charge in [-0.3, -0.25) is 4.79 Å². The van der Waals surface area contributed by atoms with E-state index < -0.39 is 5.97 Å². The number of hydrogen-bond donors (Lipinski definition) is 3. The number of hydrogen-bond acceptors (Lipinski definition) is 2. The fraction of sp³-hybridized carbons (Fsp3) is 0.467. The Labute approximate surface area is 129 Å². The van der Waals surface area contributed by atoms with Crippen molar-refractivity contribution >= 4 is 23.6 Å². The van der Waals surface area contributed by atoms with Gasteiger partial charge >= 0.3 is 12.0 Å². The number of nitrogens with one attached hydrogen (secondary N) is 2. The molecular weight excluding hydrogens is 292 g/mol. The average Bonchev–Trinajstić information content (AvgIpc) is 2.45. The van der Waals surface area contributed by atoms with E-state index >= 15 is 0 Å². The second-order valence-electron chi connectivity index (χ2n) is 4.94. The Kier molecular flexibility index (Phi) is 7.61. The molecule has 0 heterocycles. The average molecular weight is 313 g/mol. The minimum absolute atomic E-state index is 0.230. The highest BCUT2D eigenvalue weighted by atomic mass is 35.5. The van der Waals surface area contributed by atoms with E-state index in [0.29, 0.717) is 31.0 Å². The van der Waals surface area contributed by atoms with E-state index in [0.717, 1.165) is 12.0 Å². The normalized spacial score (nSPS) is 11.7. The summed E-state index contributed by atoms with van der Waals surface area (Å²) in [7, 11) is 0. The molecule has 1 aromatic rings. The molecule has 1 rings (SSSR count). The minimum atomic E-state index is -0.803. The standard InChI is InChI=1S/C15H21ClN2O3/c1-11(14(19)20)3-2-9-17-15(21)18-10-8-12-4-6-13(16)7-5-12/h4-7,11H,2-3,8-10H2,1H3,(H,19,20)(H2,17,18,21). The van der Waals surface area contributed by atoms with Crippen LogP contribution < -0.4 is 10.6 Å². The van der Waals surface area contributed by atoms with Crippen molar-refractivity contribution in [3.05, 3.63) is 34.9 Å². The van der Waals surface area contributed by atoms with Gasteiger partial charge < -0.3 is 15.7 Å². The van der Waals surface area contributed by atoms with Gasteiger partial charge in [0, 0.05) is 18.1 Å². The van der Waals surface area contributed by atoms with Crippen LogP contribution in [0.4, 0.5) is 4.79 Å². The molecule has 0 fully saturated rings. The Morgan fingerprint density at radius 3 is 2.43 bits per heavy atom. The number of carbonyl (C=O) groups excluding carboxylic acids is 1. The Hall–Kier alpha value is -1.75. The summed E-state index contributed by atoms with van der Waals surface area (Å²) in [4.78, 5) is 22.1. The van der Waals surface area contributed by atoms with E-state index in [1.165, 1.54) is 0 Å². The highest BCUT2D eigenvalue weighted by Gasteiger charge is 2.09. The lowest BCUT2D eigenvalue weighted by atomic mass is 10.1. The summed E-state index contributed by atoms with van der Waals surface area (Å²) in [6.07, 6.45) is 1.94. The zero-order valence-electron chi connectivity index (χ0n) is 12.1. The predicted octanol–water partition coefficient (Wildman–Crippen LogP) is 2.68. The van der Waals surface area contributed by atoms with E-state index in [4.69, 9.17) is 16.7 Å². The van der Waals surface area contributed by atoms with Crippen molar-refractivity contribution in [3.8, 4) is 0 Å². The van der Waals surface area contributed by atoms with Crippen molar-refractivity contribution in [1.82, 2.24) is 10.6 Å². The maximum Gasteiger partial charge on any atom is 0.314 e. The van der Waals surface area contributed by atoms with Gasteiger partial charge in [0.25, 0.3) is 0 Å². The number of aliphatic carboxylic acids is 1. The minimum Gasteiger partial charge on any atom is -0.481 e. The number of urea groups is 1. The molecule has 0 spiro atoms. The Bertz CT molecular complexity index is 462. The summed E-state index contributed by atoms with van der Waals surface area (Å²) in [6.45, 7) is 2.68. The predicted molar refractivity (Wildman–Crippen MR) is 82.6 cm³/mol. The van der Waals surface area contributed by atoms with Gasteiger partial charge in [0.15, 0.2) is 0 Å². The second-order valence-corrected chi connectivity index (χ2v) is 5.38. The lowest BCUT2D eigenvalue weighted by molar-refractivity contribution is -0.141. The molecule has 3 N–H and O–H groups in total. The Morgan fingerprint density at radius 2 is 1.81 bits per heavy atom. The molecular formula is C15H21ClN2O3. The number of carbonyl (C=O) groups is 2. The molecule has 1 aromatic carbocycles. The van der Waals surface area contributed by atoms with Gasteiger partial charge in [-0.15, -0.1) is 0 Å². The number of rotatable bonds is 8. The third-order valence-electron chi connectivity index (χ3n) is 3.13. The molecule has 0 radical (unpaired) electrons. The van der Waals surface area contributed by atoms with Crippen LogP contribution in [0.1, 0.15) is 25.3 Å². The van der Waals surface area contributed by atoms with E-state index in [2.05, 4.69) is 10.6 Å². The van der Waals surface area contributed by atoms with E-state index in [9.17, 15) is 9.59 Å². The van der Waals surface area contributed by atoms with Crippen LogP contribution in [0.2, 0.25) is 5.02 Å². The second kappa shape index (κ2) is 9.23. The van der Waals surface area contributed by atoms with Gasteiger partial charge in [-0.25, -0.2) is 4.79 Å². The van der Waals surface area contributed by atoms with Gasteiger partial charge in [0.2, 0.25) is 0 Å². The molecule has 21 heavy (non-hydrogen) atoms. The van der Waals surface area contributed by atoms with Crippen molar-refractivity contribution in [3.63, 3.8) is 0 Å². The van der Waals surface area contributed by atoms with Crippen LogP contribution in [0.15, 0.2) is 24.3 Å². The number of amides is 2. The largest absolute Gasteiger partial charge is 0.481 e. The molecule has 0 bridgehead atoms. The van der Waals surface area contributed by atoms with Gasteiger partial charge in [-0.05, 0) is 37.0 Å². The molecule has 0 aliphatic rings. The maximum atomic E-state index is 11.5. The summed E-state index contributed by atoms with van der Waals surface area (Å²) in [6, 6.07) is 7.26. The first-order valence-electron chi connectivity index (χ1n) is 6.98. The third-order valence-corrected chi connectivity index (χ3v) is 3.39. The van der Waals surface area contributed by atoms with Crippen molar-refractivity contribution in [1.29, 1.82) is 0 Å². The van der Waals surface area contributed by atoms with Crippen molar-refractivity contribution in [2.45, 2.75) is 26.2 Å². The fourth-order valence-electron chi connectivity index (χ4n) is 1.77. The highest BCUT2D eigenvalue weighted by molar-refractivity contribution is 6.30. The summed E-state index contributed by atoms with van der Waals surface area (Å²) < 4.78 is 0. The highest BCUT2D eigenvalue weighted by Crippen LogP contribution is 2.09. The molecule has 2 amide bonds.